The van der Waals surface area contributed by atoms with Crippen LogP contribution in [0.25, 0.3) is 0 Å². The molecule has 1 unspecified atom stereocenters. The van der Waals surface area contributed by atoms with Crippen molar-refractivity contribution in [2.75, 3.05) is 14.2 Å². The molecule has 1 atom stereocenters. The number of esters is 2. The van der Waals surface area contributed by atoms with E-state index in [0.29, 0.717) is 6.54 Å². The third-order valence-electron chi connectivity index (χ3n) is 2.48. The van der Waals surface area contributed by atoms with Crippen molar-refractivity contribution >= 4 is 11.9 Å². The Morgan fingerprint density at radius 2 is 1.83 bits per heavy atom. The Kier molecular flexibility index (Phi) is 5.87. The summed E-state index contributed by atoms with van der Waals surface area (Å²) in [6.07, 6.45) is -0.0456. The van der Waals surface area contributed by atoms with Gasteiger partial charge in [0.15, 0.2) is 0 Å². The topological polar surface area (TPSA) is 64.6 Å². The van der Waals surface area contributed by atoms with Gasteiger partial charge in [-0.2, -0.15) is 0 Å². The van der Waals surface area contributed by atoms with Gasteiger partial charge in [0, 0.05) is 6.54 Å². The van der Waals surface area contributed by atoms with Crippen LogP contribution in [0.5, 0.6) is 0 Å². The minimum Gasteiger partial charge on any atom is -0.469 e. The zero-order chi connectivity index (χ0) is 13.4. The number of methoxy groups -OCH3 is 2. The van der Waals surface area contributed by atoms with E-state index in [1.807, 2.05) is 30.3 Å². The molecule has 0 bridgehead atoms. The minimum atomic E-state index is -0.692. The first-order valence-corrected chi connectivity index (χ1v) is 5.59. The molecule has 0 amide bonds. The van der Waals surface area contributed by atoms with Crippen molar-refractivity contribution in [2.24, 2.45) is 0 Å². The van der Waals surface area contributed by atoms with Gasteiger partial charge in [0.05, 0.1) is 20.6 Å². The molecule has 0 radical (unpaired) electrons. The third-order valence-corrected chi connectivity index (χ3v) is 2.48. The third kappa shape index (κ3) is 4.55. The smallest absolute Gasteiger partial charge is 0.323 e. The normalized spacial score (nSPS) is 11.7. The van der Waals surface area contributed by atoms with Crippen LogP contribution in [0.3, 0.4) is 0 Å². The number of benzene rings is 1. The number of nitrogens with one attached hydrogen (secondary N) is 1. The summed E-state index contributed by atoms with van der Waals surface area (Å²) in [5, 5.41) is 2.98. The van der Waals surface area contributed by atoms with Gasteiger partial charge < -0.3 is 9.47 Å². The fourth-order valence-electron chi connectivity index (χ4n) is 1.47. The summed E-state index contributed by atoms with van der Waals surface area (Å²) in [7, 11) is 2.57. The highest BCUT2D eigenvalue weighted by molar-refractivity contribution is 5.82. The number of hydrogen-bond acceptors (Lipinski definition) is 5. The summed E-state index contributed by atoms with van der Waals surface area (Å²) >= 11 is 0. The lowest BCUT2D eigenvalue weighted by Crippen LogP contribution is -2.39. The molecular formula is C13H17NO4. The lowest BCUT2D eigenvalue weighted by Gasteiger charge is -2.15. The van der Waals surface area contributed by atoms with Crippen LogP contribution in [0.1, 0.15) is 12.0 Å². The Bertz CT molecular complexity index is 391. The lowest BCUT2D eigenvalue weighted by atomic mass is 10.1. The second kappa shape index (κ2) is 7.45. The fraction of sp³-hybridized carbons (Fsp3) is 0.385. The zero-order valence-electron chi connectivity index (χ0n) is 10.5. The van der Waals surface area contributed by atoms with Gasteiger partial charge >= 0.3 is 11.9 Å². The highest BCUT2D eigenvalue weighted by atomic mass is 16.5. The molecule has 0 fully saturated rings. The van der Waals surface area contributed by atoms with Crippen molar-refractivity contribution in [3.05, 3.63) is 35.9 Å². The molecule has 0 aromatic heterocycles. The van der Waals surface area contributed by atoms with Crippen molar-refractivity contribution < 1.29 is 19.1 Å². The highest BCUT2D eigenvalue weighted by Crippen LogP contribution is 2.02. The van der Waals surface area contributed by atoms with Crippen molar-refractivity contribution in [3.8, 4) is 0 Å². The maximum absolute atomic E-state index is 11.5. The van der Waals surface area contributed by atoms with E-state index in [2.05, 4.69) is 14.8 Å². The molecule has 0 aliphatic rings. The average molecular weight is 251 g/mol. The van der Waals surface area contributed by atoms with E-state index in [4.69, 9.17) is 0 Å². The molecule has 0 aliphatic carbocycles. The SMILES string of the molecule is COC(=O)CC(NCc1ccccc1)C(=O)OC. The van der Waals surface area contributed by atoms with Gasteiger partial charge in [-0.25, -0.2) is 0 Å². The molecule has 0 spiro atoms. The highest BCUT2D eigenvalue weighted by Gasteiger charge is 2.22. The van der Waals surface area contributed by atoms with E-state index in [0.717, 1.165) is 5.56 Å². The van der Waals surface area contributed by atoms with E-state index in [1.54, 1.807) is 0 Å². The molecule has 1 N–H and O–H groups in total. The molecule has 18 heavy (non-hydrogen) atoms. The maximum atomic E-state index is 11.5. The standard InChI is InChI=1S/C13H17NO4/c1-17-12(15)8-11(13(16)18-2)14-9-10-6-4-3-5-7-10/h3-7,11,14H,8-9H2,1-2H3. The minimum absolute atomic E-state index is 0.0456. The van der Waals surface area contributed by atoms with E-state index in [1.165, 1.54) is 14.2 Å². The lowest BCUT2D eigenvalue weighted by molar-refractivity contribution is -0.149. The van der Waals surface area contributed by atoms with Gasteiger partial charge in [-0.1, -0.05) is 30.3 Å². The summed E-state index contributed by atoms with van der Waals surface area (Å²) in [6.45, 7) is 0.484. The van der Waals surface area contributed by atoms with Crippen molar-refractivity contribution in [1.82, 2.24) is 5.32 Å². The quantitative estimate of drug-likeness (QED) is 0.760. The number of ether oxygens (including phenoxy) is 2. The number of rotatable bonds is 6. The number of hydrogen-bond donors (Lipinski definition) is 1. The second-order valence-corrected chi connectivity index (χ2v) is 3.72. The summed E-state index contributed by atoms with van der Waals surface area (Å²) in [4.78, 5) is 22.7. The van der Waals surface area contributed by atoms with Gasteiger partial charge in [-0.3, -0.25) is 14.9 Å². The molecule has 98 valence electrons. The number of carbonyl (C=O) groups excluding carboxylic acids is 2. The van der Waals surface area contributed by atoms with Crippen molar-refractivity contribution in [1.29, 1.82) is 0 Å². The van der Waals surface area contributed by atoms with Gasteiger partial charge in [0.25, 0.3) is 0 Å². The first kappa shape index (κ1) is 14.2. The van der Waals surface area contributed by atoms with Crippen LogP contribution in [-0.4, -0.2) is 32.2 Å². The summed E-state index contributed by atoms with van der Waals surface area (Å²) in [6, 6.07) is 8.89. The molecule has 5 heteroatoms. The Hall–Kier alpha value is -1.88. The molecule has 0 saturated carbocycles. The van der Waals surface area contributed by atoms with Gasteiger partial charge in [-0.15, -0.1) is 0 Å². The first-order valence-electron chi connectivity index (χ1n) is 5.59. The summed E-state index contributed by atoms with van der Waals surface area (Å²) in [5.74, 6) is -0.928. The van der Waals surface area contributed by atoms with E-state index < -0.39 is 18.0 Å². The molecule has 1 rings (SSSR count). The molecule has 0 aliphatic heterocycles. The van der Waals surface area contributed by atoms with Gasteiger partial charge in [0.1, 0.15) is 6.04 Å². The predicted octanol–water partition coefficient (Wildman–Crippen LogP) is 0.881. The molecular weight excluding hydrogens is 234 g/mol. The molecule has 0 heterocycles. The second-order valence-electron chi connectivity index (χ2n) is 3.72. The summed E-state index contributed by atoms with van der Waals surface area (Å²) in [5.41, 5.74) is 1.02. The Labute approximate surface area is 106 Å². The van der Waals surface area contributed by atoms with Crippen LogP contribution < -0.4 is 5.32 Å². The van der Waals surface area contributed by atoms with Crippen LogP contribution in [0.4, 0.5) is 0 Å². The van der Waals surface area contributed by atoms with Crippen LogP contribution in [0, 0.1) is 0 Å². The Morgan fingerprint density at radius 3 is 2.39 bits per heavy atom. The van der Waals surface area contributed by atoms with Crippen molar-refractivity contribution in [3.63, 3.8) is 0 Å². The zero-order valence-corrected chi connectivity index (χ0v) is 10.5. The van der Waals surface area contributed by atoms with E-state index in [9.17, 15) is 9.59 Å². The van der Waals surface area contributed by atoms with Gasteiger partial charge in [-0.05, 0) is 5.56 Å². The van der Waals surface area contributed by atoms with E-state index >= 15 is 0 Å². The molecule has 5 nitrogen and oxygen atoms in total. The van der Waals surface area contributed by atoms with Crippen LogP contribution >= 0.6 is 0 Å². The number of carbonyl (C=O) groups is 2. The Balaban J connectivity index is 2.56. The maximum Gasteiger partial charge on any atom is 0.323 e. The van der Waals surface area contributed by atoms with Crippen LogP contribution in [0.15, 0.2) is 30.3 Å². The fourth-order valence-corrected chi connectivity index (χ4v) is 1.47. The predicted molar refractivity (Wildman–Crippen MR) is 65.7 cm³/mol. The van der Waals surface area contributed by atoms with Crippen LogP contribution in [-0.2, 0) is 25.6 Å². The monoisotopic (exact) mass is 251 g/mol. The van der Waals surface area contributed by atoms with Crippen molar-refractivity contribution in [2.45, 2.75) is 19.0 Å². The molecule has 1 aromatic rings. The van der Waals surface area contributed by atoms with Crippen LogP contribution in [0.2, 0.25) is 0 Å². The largest absolute Gasteiger partial charge is 0.469 e. The van der Waals surface area contributed by atoms with Gasteiger partial charge in [0.2, 0.25) is 0 Å². The molecule has 1 aromatic carbocycles. The first-order chi connectivity index (χ1) is 8.67. The molecule has 0 saturated heterocycles. The average Bonchev–Trinajstić information content (AvgIpc) is 2.43. The Morgan fingerprint density at radius 1 is 1.17 bits per heavy atom. The summed E-state index contributed by atoms with van der Waals surface area (Å²) < 4.78 is 9.18. The van der Waals surface area contributed by atoms with E-state index in [-0.39, 0.29) is 6.42 Å².